The van der Waals surface area contributed by atoms with E-state index >= 15 is 0 Å². The van der Waals surface area contributed by atoms with Crippen LogP contribution in [0, 0.1) is 5.82 Å². The largest absolute Gasteiger partial charge is 0.486 e. The number of halogens is 1. The fourth-order valence-electron chi connectivity index (χ4n) is 3.49. The highest BCUT2D eigenvalue weighted by Gasteiger charge is 2.30. The Balaban J connectivity index is 1.91. The molecule has 0 aromatic heterocycles. The molecule has 2 aromatic rings. The van der Waals surface area contributed by atoms with Crippen molar-refractivity contribution in [1.82, 2.24) is 10.2 Å². The number of nitrogens with zero attached hydrogens (tertiary/aromatic N) is 2. The van der Waals surface area contributed by atoms with E-state index in [2.05, 4.69) is 5.32 Å². The summed E-state index contributed by atoms with van der Waals surface area (Å²) in [6.07, 6.45) is 0.995. The number of ether oxygens (including phenoxy) is 2. The number of nitrogens with one attached hydrogen (secondary N) is 1. The highest BCUT2D eigenvalue weighted by molar-refractivity contribution is 7.92. The summed E-state index contributed by atoms with van der Waals surface area (Å²) in [4.78, 5) is 27.2. The van der Waals surface area contributed by atoms with Gasteiger partial charge in [0.2, 0.25) is 21.8 Å². The molecule has 1 N–H and O–H groups in total. The Bertz CT molecular complexity index is 1140. The number of rotatable bonds is 9. The van der Waals surface area contributed by atoms with Crippen LogP contribution in [0.15, 0.2) is 42.5 Å². The van der Waals surface area contributed by atoms with Gasteiger partial charge in [-0.1, -0.05) is 12.1 Å². The van der Waals surface area contributed by atoms with Gasteiger partial charge in [0.05, 0.1) is 11.9 Å². The van der Waals surface area contributed by atoms with Crippen LogP contribution in [0.1, 0.15) is 19.4 Å². The summed E-state index contributed by atoms with van der Waals surface area (Å²) in [5.74, 6) is -0.548. The Morgan fingerprint density at radius 1 is 1.09 bits per heavy atom. The van der Waals surface area contributed by atoms with Crippen LogP contribution in [0.3, 0.4) is 0 Å². The molecule has 3 rings (SSSR count). The minimum absolute atomic E-state index is 0.00381. The van der Waals surface area contributed by atoms with E-state index in [1.54, 1.807) is 19.9 Å². The number of hydrogen-bond donors (Lipinski definition) is 1. The Kier molecular flexibility index (Phi) is 7.98. The summed E-state index contributed by atoms with van der Waals surface area (Å²) in [6, 6.07) is 9.25. The van der Waals surface area contributed by atoms with Crippen LogP contribution in [0.5, 0.6) is 11.5 Å². The molecule has 0 spiro atoms. The SMILES string of the molecule is CCNC(=O)C(C)N(Cc1ccc(F)cc1)C(=O)CN(c1ccc2c(c1)OCCO2)S(C)(=O)=O. The Hall–Kier alpha value is -3.34. The first-order chi connectivity index (χ1) is 16.1. The second-order valence-electron chi connectivity index (χ2n) is 7.82. The molecule has 0 saturated heterocycles. The van der Waals surface area contributed by atoms with Crippen molar-refractivity contribution in [3.05, 3.63) is 53.8 Å². The van der Waals surface area contributed by atoms with Gasteiger partial charge in [0.25, 0.3) is 0 Å². The van der Waals surface area contributed by atoms with Crippen molar-refractivity contribution < 1.29 is 31.9 Å². The molecule has 184 valence electrons. The number of amides is 2. The van der Waals surface area contributed by atoms with Gasteiger partial charge in [0.15, 0.2) is 11.5 Å². The quantitative estimate of drug-likeness (QED) is 0.572. The van der Waals surface area contributed by atoms with E-state index in [1.165, 1.54) is 41.3 Å². The maximum absolute atomic E-state index is 13.4. The van der Waals surface area contributed by atoms with Gasteiger partial charge in [-0.15, -0.1) is 0 Å². The summed E-state index contributed by atoms with van der Waals surface area (Å²) in [5.41, 5.74) is 0.823. The average Bonchev–Trinajstić information content (AvgIpc) is 2.80. The molecule has 0 bridgehead atoms. The summed E-state index contributed by atoms with van der Waals surface area (Å²) in [7, 11) is -3.87. The predicted molar refractivity (Wildman–Crippen MR) is 125 cm³/mol. The number of likely N-dealkylation sites (N-methyl/N-ethyl adjacent to an activating group) is 1. The third-order valence-electron chi connectivity index (χ3n) is 5.28. The number of benzene rings is 2. The fourth-order valence-corrected chi connectivity index (χ4v) is 4.33. The number of carbonyl (C=O) groups excluding carboxylic acids is 2. The molecule has 1 aliphatic rings. The molecule has 1 heterocycles. The van der Waals surface area contributed by atoms with Gasteiger partial charge in [-0.25, -0.2) is 12.8 Å². The van der Waals surface area contributed by atoms with Crippen LogP contribution in [0.4, 0.5) is 10.1 Å². The molecule has 1 unspecified atom stereocenters. The highest BCUT2D eigenvalue weighted by atomic mass is 32.2. The lowest BCUT2D eigenvalue weighted by Gasteiger charge is -2.31. The molecule has 11 heteroatoms. The number of carbonyl (C=O) groups is 2. The number of fused-ring (bicyclic) bond motifs is 1. The van der Waals surface area contributed by atoms with E-state index in [0.717, 1.165) is 10.6 Å². The molecule has 9 nitrogen and oxygen atoms in total. The summed E-state index contributed by atoms with van der Waals surface area (Å²) in [5, 5.41) is 2.67. The summed E-state index contributed by atoms with van der Waals surface area (Å²) >= 11 is 0. The standard InChI is InChI=1S/C23H28FN3O6S/c1-4-25-23(29)16(2)26(14-17-5-7-18(24)8-6-17)22(28)15-27(34(3,30)31)19-9-10-20-21(13-19)33-12-11-32-20/h5-10,13,16H,4,11-12,14-15H2,1-3H3,(H,25,29). The van der Waals surface area contributed by atoms with Gasteiger partial charge < -0.3 is 19.7 Å². The first-order valence-electron chi connectivity index (χ1n) is 10.8. The van der Waals surface area contributed by atoms with E-state index in [-0.39, 0.29) is 18.1 Å². The molecule has 2 aromatic carbocycles. The van der Waals surface area contributed by atoms with Crippen molar-refractivity contribution in [3.63, 3.8) is 0 Å². The Labute approximate surface area is 198 Å². The van der Waals surface area contributed by atoms with Crippen LogP contribution >= 0.6 is 0 Å². The van der Waals surface area contributed by atoms with Gasteiger partial charge in [-0.05, 0) is 43.7 Å². The lowest BCUT2D eigenvalue weighted by molar-refractivity contribution is -0.139. The van der Waals surface area contributed by atoms with Gasteiger partial charge >= 0.3 is 0 Å². The lowest BCUT2D eigenvalue weighted by Crippen LogP contribution is -2.51. The molecule has 2 amide bonds. The zero-order chi connectivity index (χ0) is 24.9. The van der Waals surface area contributed by atoms with E-state index in [0.29, 0.717) is 36.8 Å². The molecular formula is C23H28FN3O6S. The van der Waals surface area contributed by atoms with Crippen molar-refractivity contribution >= 4 is 27.5 Å². The van der Waals surface area contributed by atoms with Crippen molar-refractivity contribution in [3.8, 4) is 11.5 Å². The van der Waals surface area contributed by atoms with Crippen LogP contribution < -0.4 is 19.1 Å². The molecule has 0 saturated carbocycles. The number of anilines is 1. The average molecular weight is 494 g/mol. The van der Waals surface area contributed by atoms with E-state index < -0.39 is 34.3 Å². The van der Waals surface area contributed by atoms with Crippen LogP contribution in [0.25, 0.3) is 0 Å². The molecule has 0 aliphatic carbocycles. The second-order valence-corrected chi connectivity index (χ2v) is 9.72. The smallest absolute Gasteiger partial charge is 0.244 e. The van der Waals surface area contributed by atoms with Gasteiger partial charge in [0.1, 0.15) is 31.6 Å². The zero-order valence-corrected chi connectivity index (χ0v) is 20.1. The third-order valence-corrected chi connectivity index (χ3v) is 6.42. The van der Waals surface area contributed by atoms with E-state index in [4.69, 9.17) is 9.47 Å². The normalized spacial score (nSPS) is 13.6. The van der Waals surface area contributed by atoms with E-state index in [9.17, 15) is 22.4 Å². The van der Waals surface area contributed by atoms with Crippen LogP contribution in [-0.4, -0.2) is 63.7 Å². The van der Waals surface area contributed by atoms with Gasteiger partial charge in [-0.3, -0.25) is 13.9 Å². The molecule has 34 heavy (non-hydrogen) atoms. The van der Waals surface area contributed by atoms with E-state index in [1.807, 2.05) is 0 Å². The minimum Gasteiger partial charge on any atom is -0.486 e. The van der Waals surface area contributed by atoms with Gasteiger partial charge in [-0.2, -0.15) is 0 Å². The number of sulfonamides is 1. The highest BCUT2D eigenvalue weighted by Crippen LogP contribution is 2.34. The van der Waals surface area contributed by atoms with Crippen molar-refractivity contribution in [2.75, 3.05) is 36.9 Å². The first-order valence-corrected chi connectivity index (χ1v) is 12.6. The maximum Gasteiger partial charge on any atom is 0.244 e. The molecule has 1 aliphatic heterocycles. The van der Waals surface area contributed by atoms with Crippen LogP contribution in [0.2, 0.25) is 0 Å². The fraction of sp³-hybridized carbons (Fsp3) is 0.391. The Morgan fingerprint density at radius 2 is 1.74 bits per heavy atom. The summed E-state index contributed by atoms with van der Waals surface area (Å²) < 4.78 is 50.6. The molecular weight excluding hydrogens is 465 g/mol. The van der Waals surface area contributed by atoms with Crippen LogP contribution in [-0.2, 0) is 26.2 Å². The predicted octanol–water partition coefficient (Wildman–Crippen LogP) is 1.92. The maximum atomic E-state index is 13.4. The summed E-state index contributed by atoms with van der Waals surface area (Å²) in [6.45, 7) is 3.85. The molecule has 1 atom stereocenters. The number of hydrogen-bond acceptors (Lipinski definition) is 6. The minimum atomic E-state index is -3.87. The molecule has 0 fully saturated rings. The monoisotopic (exact) mass is 493 g/mol. The second kappa shape index (κ2) is 10.7. The van der Waals surface area contributed by atoms with Gasteiger partial charge in [0, 0.05) is 19.2 Å². The van der Waals surface area contributed by atoms with Crippen molar-refractivity contribution in [1.29, 1.82) is 0 Å². The first kappa shape index (κ1) is 25.3. The Morgan fingerprint density at radius 3 is 2.35 bits per heavy atom. The van der Waals surface area contributed by atoms with Crippen molar-refractivity contribution in [2.24, 2.45) is 0 Å². The zero-order valence-electron chi connectivity index (χ0n) is 19.3. The third kappa shape index (κ3) is 6.16. The lowest BCUT2D eigenvalue weighted by atomic mass is 10.1. The molecule has 0 radical (unpaired) electrons. The topological polar surface area (TPSA) is 105 Å². The van der Waals surface area contributed by atoms with Crippen molar-refractivity contribution in [2.45, 2.75) is 26.4 Å².